The van der Waals surface area contributed by atoms with E-state index in [-0.39, 0.29) is 17.8 Å². The van der Waals surface area contributed by atoms with Crippen LogP contribution in [0.25, 0.3) is 10.9 Å². The summed E-state index contributed by atoms with van der Waals surface area (Å²) in [6.45, 7) is 4.85. The maximum Gasteiger partial charge on any atom is 0.415 e. The summed E-state index contributed by atoms with van der Waals surface area (Å²) in [6.07, 6.45) is 5.26. The number of nitrogens with zero attached hydrogens (tertiary/aromatic N) is 1. The maximum absolute atomic E-state index is 12.7. The van der Waals surface area contributed by atoms with Crippen LogP contribution in [-0.2, 0) is 9.53 Å². The van der Waals surface area contributed by atoms with E-state index in [1.807, 2.05) is 0 Å². The lowest BCUT2D eigenvalue weighted by Gasteiger charge is -2.16. The van der Waals surface area contributed by atoms with Gasteiger partial charge in [0.1, 0.15) is 23.6 Å². The van der Waals surface area contributed by atoms with Gasteiger partial charge >= 0.3 is 18.2 Å². The second kappa shape index (κ2) is 16.7. The molecule has 13 heteroatoms. The molecular formula is C35H39F3N4O6. The van der Waals surface area contributed by atoms with Crippen LogP contribution in [0.4, 0.5) is 23.7 Å². The number of carbonyl (C=O) groups excluding carboxylic acids is 2. The third-order valence-corrected chi connectivity index (χ3v) is 7.53. The van der Waals surface area contributed by atoms with Crippen molar-refractivity contribution in [2.45, 2.75) is 63.8 Å². The molecular weight excluding hydrogens is 629 g/mol. The fourth-order valence-electron chi connectivity index (χ4n) is 4.87. The first-order chi connectivity index (χ1) is 23.0. The number of benzene rings is 2. The molecule has 0 radical (unpaired) electrons. The van der Waals surface area contributed by atoms with Crippen LogP contribution in [0.1, 0.15) is 45.4 Å². The number of nitrogens with one attached hydrogen (secondary N) is 2. The summed E-state index contributed by atoms with van der Waals surface area (Å²) in [5, 5.41) is 5.77. The van der Waals surface area contributed by atoms with E-state index in [0.29, 0.717) is 59.0 Å². The van der Waals surface area contributed by atoms with Gasteiger partial charge in [-0.2, -0.15) is 13.2 Å². The SMILES string of the molecule is C=C(/C=C\C(=C/C)NC(=O)Nc1ccc(Oc2ccnc3cc(OCCC[C@@H](N)C(=O)OC4CCCC4)c(OC)cc23)cc1)C(F)(F)F. The van der Waals surface area contributed by atoms with Crippen molar-refractivity contribution in [2.75, 3.05) is 19.0 Å². The van der Waals surface area contributed by atoms with Crippen molar-refractivity contribution >= 4 is 28.6 Å². The number of aromatic nitrogens is 1. The number of fused-ring (bicyclic) bond motifs is 1. The number of hydrogen-bond acceptors (Lipinski definition) is 8. The zero-order valence-corrected chi connectivity index (χ0v) is 26.8. The van der Waals surface area contributed by atoms with Gasteiger partial charge in [-0.1, -0.05) is 12.7 Å². The number of amides is 2. The molecule has 1 aliphatic rings. The number of methoxy groups -OCH3 is 1. The number of pyridine rings is 1. The van der Waals surface area contributed by atoms with E-state index in [4.69, 9.17) is 24.7 Å². The Morgan fingerprint density at radius 3 is 2.48 bits per heavy atom. The molecule has 0 spiro atoms. The Bertz CT molecular complexity index is 1650. The van der Waals surface area contributed by atoms with Crippen LogP contribution in [0.2, 0.25) is 0 Å². The monoisotopic (exact) mass is 668 g/mol. The second-order valence-electron chi connectivity index (χ2n) is 11.1. The number of ether oxygens (including phenoxy) is 4. The summed E-state index contributed by atoms with van der Waals surface area (Å²) in [7, 11) is 1.52. The van der Waals surface area contributed by atoms with E-state index in [0.717, 1.165) is 37.8 Å². The minimum atomic E-state index is -4.56. The van der Waals surface area contributed by atoms with Crippen molar-refractivity contribution in [3.8, 4) is 23.0 Å². The van der Waals surface area contributed by atoms with Crippen LogP contribution in [-0.4, -0.2) is 49.0 Å². The van der Waals surface area contributed by atoms with E-state index in [1.54, 1.807) is 55.6 Å². The number of alkyl halides is 3. The van der Waals surface area contributed by atoms with E-state index in [9.17, 15) is 22.8 Å². The minimum Gasteiger partial charge on any atom is -0.493 e. The Labute approximate surface area is 276 Å². The van der Waals surface area contributed by atoms with Crippen molar-refractivity contribution in [1.82, 2.24) is 10.3 Å². The number of halogens is 3. The largest absolute Gasteiger partial charge is 0.493 e. The molecule has 4 N–H and O–H groups in total. The van der Waals surface area contributed by atoms with Gasteiger partial charge in [-0.05, 0) is 94.0 Å². The number of urea groups is 1. The quantitative estimate of drug-likeness (QED) is 0.0904. The van der Waals surface area contributed by atoms with Crippen molar-refractivity contribution in [3.63, 3.8) is 0 Å². The van der Waals surface area contributed by atoms with Gasteiger partial charge in [0.25, 0.3) is 0 Å². The Morgan fingerprint density at radius 1 is 1.08 bits per heavy atom. The van der Waals surface area contributed by atoms with Gasteiger partial charge in [-0.3, -0.25) is 9.78 Å². The van der Waals surface area contributed by atoms with E-state index in [1.165, 1.54) is 13.2 Å². The first-order valence-electron chi connectivity index (χ1n) is 15.5. The highest BCUT2D eigenvalue weighted by Crippen LogP contribution is 2.37. The number of anilines is 1. The van der Waals surface area contributed by atoms with Crippen LogP contribution in [0, 0.1) is 0 Å². The first-order valence-corrected chi connectivity index (χ1v) is 15.5. The van der Waals surface area contributed by atoms with Gasteiger partial charge in [-0.25, -0.2) is 4.79 Å². The van der Waals surface area contributed by atoms with Crippen LogP contribution in [0.3, 0.4) is 0 Å². The fraction of sp³-hybridized carbons (Fsp3) is 0.343. The number of nitrogens with two attached hydrogens (primary N) is 1. The molecule has 0 saturated heterocycles. The normalized spacial score (nSPS) is 14.5. The molecule has 4 rings (SSSR count). The first kappa shape index (κ1) is 35.8. The van der Waals surface area contributed by atoms with Crippen molar-refractivity contribution in [1.29, 1.82) is 0 Å². The van der Waals surface area contributed by atoms with E-state index >= 15 is 0 Å². The molecule has 3 aromatic rings. The topological polar surface area (TPSA) is 134 Å². The highest BCUT2D eigenvalue weighted by Gasteiger charge is 2.29. The standard InChI is InChI=1S/C35H39F3N4O6/c1-4-23(12-11-22(2)35(36,37)38)41-34(44)42-24-13-15-26(16-14-24)47-30-17-18-40-29-21-32(31(45-3)20-27(29)30)46-19-7-10-28(39)33(43)48-25-8-5-6-9-25/h4,11-18,20-21,25,28H,2,5-10,19,39H2,1,3H3,(H2,41,42,44)/b12-11-,23-4+/t28-/m1/s1. The third kappa shape index (κ3) is 10.2. The van der Waals surface area contributed by atoms with Gasteiger partial charge in [0, 0.05) is 34.6 Å². The molecule has 0 unspecified atom stereocenters. The highest BCUT2D eigenvalue weighted by molar-refractivity contribution is 5.91. The molecule has 1 saturated carbocycles. The minimum absolute atomic E-state index is 0.0220. The van der Waals surface area contributed by atoms with Crippen molar-refractivity contribution < 1.29 is 41.7 Å². The van der Waals surface area contributed by atoms with Crippen LogP contribution < -0.4 is 30.6 Å². The smallest absolute Gasteiger partial charge is 0.415 e. The molecule has 1 heterocycles. The number of rotatable bonds is 14. The molecule has 48 heavy (non-hydrogen) atoms. The lowest BCUT2D eigenvalue weighted by Crippen LogP contribution is -2.34. The summed E-state index contributed by atoms with van der Waals surface area (Å²) in [4.78, 5) is 29.1. The van der Waals surface area contributed by atoms with Crippen LogP contribution >= 0.6 is 0 Å². The summed E-state index contributed by atoms with van der Waals surface area (Å²) >= 11 is 0. The molecule has 1 aromatic heterocycles. The molecule has 1 aliphatic carbocycles. The van der Waals surface area contributed by atoms with Gasteiger partial charge in [0.15, 0.2) is 11.5 Å². The summed E-state index contributed by atoms with van der Waals surface area (Å²) in [5.74, 6) is 1.54. The Balaban J connectivity index is 1.33. The number of allylic oxidation sites excluding steroid dienone is 4. The van der Waals surface area contributed by atoms with Gasteiger partial charge < -0.3 is 35.3 Å². The summed E-state index contributed by atoms with van der Waals surface area (Å²) in [5.41, 5.74) is 6.17. The van der Waals surface area contributed by atoms with Crippen LogP contribution in [0.15, 0.2) is 84.7 Å². The average Bonchev–Trinajstić information content (AvgIpc) is 3.58. The third-order valence-electron chi connectivity index (χ3n) is 7.53. The predicted octanol–water partition coefficient (Wildman–Crippen LogP) is 7.71. The Morgan fingerprint density at radius 2 is 1.81 bits per heavy atom. The molecule has 0 bridgehead atoms. The highest BCUT2D eigenvalue weighted by atomic mass is 19.4. The summed E-state index contributed by atoms with van der Waals surface area (Å²) in [6, 6.07) is 10.4. The number of carbonyl (C=O) groups is 2. The molecule has 1 fully saturated rings. The zero-order chi connectivity index (χ0) is 34.7. The van der Waals surface area contributed by atoms with Gasteiger partial charge in [-0.15, -0.1) is 0 Å². The van der Waals surface area contributed by atoms with Crippen LogP contribution in [0.5, 0.6) is 23.0 Å². The van der Waals surface area contributed by atoms with Gasteiger partial charge in [0.05, 0.1) is 19.2 Å². The molecule has 2 aromatic carbocycles. The zero-order valence-electron chi connectivity index (χ0n) is 26.8. The lowest BCUT2D eigenvalue weighted by molar-refractivity contribution is -0.150. The van der Waals surface area contributed by atoms with Crippen molar-refractivity contribution in [3.05, 3.63) is 84.7 Å². The fourth-order valence-corrected chi connectivity index (χ4v) is 4.87. The Kier molecular flexibility index (Phi) is 12.4. The molecule has 256 valence electrons. The van der Waals surface area contributed by atoms with E-state index < -0.39 is 23.8 Å². The number of esters is 1. The molecule has 2 amide bonds. The summed E-state index contributed by atoms with van der Waals surface area (Å²) < 4.78 is 61.2. The lowest BCUT2D eigenvalue weighted by atomic mass is 10.1. The second-order valence-corrected chi connectivity index (χ2v) is 11.1. The predicted molar refractivity (Wildman–Crippen MR) is 176 cm³/mol. The number of hydrogen-bond donors (Lipinski definition) is 3. The molecule has 1 atom stereocenters. The molecule has 0 aliphatic heterocycles. The molecule has 10 nitrogen and oxygen atoms in total. The van der Waals surface area contributed by atoms with Gasteiger partial charge in [0.2, 0.25) is 0 Å². The van der Waals surface area contributed by atoms with E-state index in [2.05, 4.69) is 22.2 Å². The maximum atomic E-state index is 12.7. The average molecular weight is 669 g/mol. The Hall–Kier alpha value is -5.04. The van der Waals surface area contributed by atoms with Crippen molar-refractivity contribution in [2.24, 2.45) is 5.73 Å².